The van der Waals surface area contributed by atoms with Gasteiger partial charge in [0.1, 0.15) is 11.4 Å². The Morgan fingerprint density at radius 2 is 2.04 bits per heavy atom. The van der Waals surface area contributed by atoms with Gasteiger partial charge < -0.3 is 20.1 Å². The van der Waals surface area contributed by atoms with Crippen LogP contribution in [0.5, 0.6) is 5.75 Å². The number of hydrogen-bond acceptors (Lipinski definition) is 4. The minimum atomic E-state index is -0.311. The molecule has 1 aromatic carbocycles. The molecule has 3 heterocycles. The summed E-state index contributed by atoms with van der Waals surface area (Å²) in [5, 5.41) is 6.87. The zero-order chi connectivity index (χ0) is 18.3. The van der Waals surface area contributed by atoms with E-state index in [1.807, 2.05) is 18.2 Å². The molecule has 0 aromatic heterocycles. The normalized spacial score (nSPS) is 34.4. The molecule has 5 heteroatoms. The van der Waals surface area contributed by atoms with Gasteiger partial charge in [-0.1, -0.05) is 24.6 Å². The van der Waals surface area contributed by atoms with Crippen LogP contribution >= 0.6 is 0 Å². The monoisotopic (exact) mass is 370 g/mol. The molecule has 146 valence electrons. The van der Waals surface area contributed by atoms with Gasteiger partial charge in [-0.25, -0.2) is 0 Å². The maximum absolute atomic E-state index is 13.5. The van der Waals surface area contributed by atoms with Crippen LogP contribution in [-0.4, -0.2) is 37.3 Å². The van der Waals surface area contributed by atoms with Gasteiger partial charge >= 0.3 is 0 Å². The van der Waals surface area contributed by atoms with Crippen molar-refractivity contribution in [1.29, 1.82) is 0 Å². The molecular formula is C22H30N2O3. The highest BCUT2D eigenvalue weighted by molar-refractivity contribution is 5.84. The standard InChI is InChI=1S/C22H30N2O3/c25-20(22(9-5-10-22)19-8-3-4-13-26-19)24-17-14-21(11-12-23-15-21)27-18-7-2-1-6-16(17)18/h1-2,6-7,17,19,23H,3-5,8-15H2,(H,24,25). The average Bonchev–Trinajstić information content (AvgIpc) is 3.09. The number of ether oxygens (including phenoxy) is 2. The number of amides is 1. The molecule has 5 nitrogen and oxygen atoms in total. The second kappa shape index (κ2) is 6.78. The molecule has 2 saturated heterocycles. The SMILES string of the molecule is O=C(NC1CC2(CCNC2)Oc2ccccc21)C1(C2CCCCO2)CCC1. The number of benzene rings is 1. The quantitative estimate of drug-likeness (QED) is 0.858. The van der Waals surface area contributed by atoms with Gasteiger partial charge in [-0.3, -0.25) is 4.79 Å². The number of carbonyl (C=O) groups is 1. The topological polar surface area (TPSA) is 59.6 Å². The highest BCUT2D eigenvalue weighted by Crippen LogP contribution is 2.49. The number of fused-ring (bicyclic) bond motifs is 1. The third-order valence-electron chi connectivity index (χ3n) is 7.20. The predicted octanol–water partition coefficient (Wildman–Crippen LogP) is 3.10. The lowest BCUT2D eigenvalue weighted by Gasteiger charge is -2.48. The Morgan fingerprint density at radius 1 is 1.15 bits per heavy atom. The number of para-hydroxylation sites is 1. The third kappa shape index (κ3) is 2.95. The van der Waals surface area contributed by atoms with Gasteiger partial charge in [-0.05, 0) is 44.7 Å². The lowest BCUT2D eigenvalue weighted by Crippen LogP contribution is -2.56. The summed E-state index contributed by atoms with van der Waals surface area (Å²) in [6.45, 7) is 2.63. The summed E-state index contributed by atoms with van der Waals surface area (Å²) in [4.78, 5) is 13.5. The molecule has 1 amide bonds. The molecule has 1 saturated carbocycles. The summed E-state index contributed by atoms with van der Waals surface area (Å²) < 4.78 is 12.5. The van der Waals surface area contributed by atoms with Crippen LogP contribution < -0.4 is 15.4 Å². The molecule has 27 heavy (non-hydrogen) atoms. The van der Waals surface area contributed by atoms with Crippen LogP contribution in [0.1, 0.15) is 63.0 Å². The Bertz CT molecular complexity index is 703. The van der Waals surface area contributed by atoms with Crippen molar-refractivity contribution in [1.82, 2.24) is 10.6 Å². The molecule has 3 atom stereocenters. The summed E-state index contributed by atoms with van der Waals surface area (Å²) in [7, 11) is 0. The number of rotatable bonds is 3. The molecule has 1 aromatic rings. The first-order chi connectivity index (χ1) is 13.2. The maximum atomic E-state index is 13.5. The van der Waals surface area contributed by atoms with Crippen molar-refractivity contribution in [3.8, 4) is 5.75 Å². The van der Waals surface area contributed by atoms with Crippen molar-refractivity contribution in [2.45, 2.75) is 69.1 Å². The zero-order valence-electron chi connectivity index (χ0n) is 16.0. The van der Waals surface area contributed by atoms with Crippen molar-refractivity contribution in [3.63, 3.8) is 0 Å². The average molecular weight is 370 g/mol. The van der Waals surface area contributed by atoms with E-state index >= 15 is 0 Å². The summed E-state index contributed by atoms with van der Waals surface area (Å²) in [6.07, 6.45) is 8.29. The molecule has 4 aliphatic rings. The lowest BCUT2D eigenvalue weighted by molar-refractivity contribution is -0.158. The third-order valence-corrected chi connectivity index (χ3v) is 7.20. The van der Waals surface area contributed by atoms with E-state index in [4.69, 9.17) is 9.47 Å². The van der Waals surface area contributed by atoms with Gasteiger partial charge in [-0.2, -0.15) is 0 Å². The van der Waals surface area contributed by atoms with Gasteiger partial charge in [-0.15, -0.1) is 0 Å². The fourth-order valence-corrected chi connectivity index (χ4v) is 5.46. The first kappa shape index (κ1) is 17.5. The molecule has 3 fully saturated rings. The van der Waals surface area contributed by atoms with E-state index in [0.29, 0.717) is 0 Å². The first-order valence-corrected chi connectivity index (χ1v) is 10.6. The van der Waals surface area contributed by atoms with Crippen LogP contribution in [-0.2, 0) is 9.53 Å². The van der Waals surface area contributed by atoms with Crippen LogP contribution in [0.2, 0.25) is 0 Å². The second-order valence-electron chi connectivity index (χ2n) is 8.84. The molecular weight excluding hydrogens is 340 g/mol. The zero-order valence-corrected chi connectivity index (χ0v) is 16.0. The Morgan fingerprint density at radius 3 is 2.74 bits per heavy atom. The van der Waals surface area contributed by atoms with Gasteiger partial charge in [0.05, 0.1) is 17.6 Å². The van der Waals surface area contributed by atoms with Crippen LogP contribution in [0, 0.1) is 5.41 Å². The Labute approximate surface area is 161 Å². The minimum absolute atomic E-state index is 0.0171. The Balaban J connectivity index is 1.39. The maximum Gasteiger partial charge on any atom is 0.229 e. The van der Waals surface area contributed by atoms with E-state index in [0.717, 1.165) is 76.0 Å². The van der Waals surface area contributed by atoms with Gasteiger partial charge in [0.25, 0.3) is 0 Å². The largest absolute Gasteiger partial charge is 0.485 e. The number of nitrogens with one attached hydrogen (secondary N) is 2. The molecule has 3 aliphatic heterocycles. The highest BCUT2D eigenvalue weighted by Gasteiger charge is 2.52. The summed E-state index contributed by atoms with van der Waals surface area (Å²) in [6, 6.07) is 8.21. The van der Waals surface area contributed by atoms with E-state index < -0.39 is 0 Å². The van der Waals surface area contributed by atoms with Crippen LogP contribution in [0.3, 0.4) is 0 Å². The predicted molar refractivity (Wildman–Crippen MR) is 103 cm³/mol. The Kier molecular flexibility index (Phi) is 4.40. The lowest BCUT2D eigenvalue weighted by atomic mass is 9.62. The van der Waals surface area contributed by atoms with Crippen LogP contribution in [0.15, 0.2) is 24.3 Å². The van der Waals surface area contributed by atoms with Crippen LogP contribution in [0.4, 0.5) is 0 Å². The van der Waals surface area contributed by atoms with Gasteiger partial charge in [0.2, 0.25) is 5.91 Å². The fraction of sp³-hybridized carbons (Fsp3) is 0.682. The molecule has 3 unspecified atom stereocenters. The van der Waals surface area contributed by atoms with Gasteiger partial charge in [0, 0.05) is 31.6 Å². The van der Waals surface area contributed by atoms with E-state index in [1.165, 1.54) is 6.42 Å². The smallest absolute Gasteiger partial charge is 0.229 e. The molecule has 1 spiro atoms. The molecule has 1 aliphatic carbocycles. The van der Waals surface area contributed by atoms with Crippen molar-refractivity contribution < 1.29 is 14.3 Å². The van der Waals surface area contributed by atoms with Crippen molar-refractivity contribution in [3.05, 3.63) is 29.8 Å². The fourth-order valence-electron chi connectivity index (χ4n) is 5.46. The van der Waals surface area contributed by atoms with E-state index in [2.05, 4.69) is 16.7 Å². The summed E-state index contributed by atoms with van der Waals surface area (Å²) in [5.41, 5.74) is 0.609. The van der Waals surface area contributed by atoms with E-state index in [1.54, 1.807) is 0 Å². The molecule has 2 N–H and O–H groups in total. The minimum Gasteiger partial charge on any atom is -0.485 e. The number of hydrogen-bond donors (Lipinski definition) is 2. The van der Waals surface area contributed by atoms with Crippen molar-refractivity contribution >= 4 is 5.91 Å². The highest BCUT2D eigenvalue weighted by atomic mass is 16.5. The second-order valence-corrected chi connectivity index (χ2v) is 8.84. The number of carbonyl (C=O) groups excluding carboxylic acids is 1. The van der Waals surface area contributed by atoms with Gasteiger partial charge in [0.15, 0.2) is 0 Å². The van der Waals surface area contributed by atoms with Crippen molar-refractivity contribution in [2.24, 2.45) is 5.41 Å². The Hall–Kier alpha value is -1.59. The first-order valence-electron chi connectivity index (χ1n) is 10.6. The molecule has 0 radical (unpaired) electrons. The summed E-state index contributed by atoms with van der Waals surface area (Å²) in [5.74, 6) is 1.12. The van der Waals surface area contributed by atoms with E-state index in [9.17, 15) is 4.79 Å². The van der Waals surface area contributed by atoms with Crippen LogP contribution in [0.25, 0.3) is 0 Å². The molecule has 0 bridgehead atoms. The van der Waals surface area contributed by atoms with Crippen molar-refractivity contribution in [2.75, 3.05) is 19.7 Å². The summed E-state index contributed by atoms with van der Waals surface area (Å²) >= 11 is 0. The molecule has 5 rings (SSSR count). The van der Waals surface area contributed by atoms with E-state index in [-0.39, 0.29) is 29.1 Å².